The topological polar surface area (TPSA) is 54.0 Å². The lowest BCUT2D eigenvalue weighted by Gasteiger charge is -2.34. The van der Waals surface area contributed by atoms with Gasteiger partial charge in [-0.05, 0) is 77.8 Å². The van der Waals surface area contributed by atoms with E-state index in [1.807, 2.05) is 29.2 Å². The Bertz CT molecular complexity index is 1340. The van der Waals surface area contributed by atoms with E-state index in [9.17, 15) is 4.79 Å². The number of hydrogen-bond donors (Lipinski definition) is 1. The van der Waals surface area contributed by atoms with E-state index in [-0.39, 0.29) is 18.0 Å². The highest BCUT2D eigenvalue weighted by atomic mass is 35.5. The van der Waals surface area contributed by atoms with Gasteiger partial charge >= 0.3 is 0 Å². The van der Waals surface area contributed by atoms with E-state index in [0.29, 0.717) is 31.4 Å². The summed E-state index contributed by atoms with van der Waals surface area (Å²) in [4.78, 5) is 18.5. The van der Waals surface area contributed by atoms with Crippen molar-refractivity contribution in [1.82, 2.24) is 15.1 Å². The van der Waals surface area contributed by atoms with Crippen molar-refractivity contribution >= 4 is 17.5 Å². The predicted octanol–water partition coefficient (Wildman–Crippen LogP) is 4.64. The number of halogens is 1. The SMILES string of the molecule is COc1cc2c(cc1OC)CN(C(=O)[C@@H]1C[C@H](NC3Cc4ccccc4C3)CN1Cc1cccc(Cl)c1)CC2. The van der Waals surface area contributed by atoms with Gasteiger partial charge in [0.05, 0.1) is 20.3 Å². The van der Waals surface area contributed by atoms with Gasteiger partial charge in [-0.1, -0.05) is 48.0 Å². The summed E-state index contributed by atoms with van der Waals surface area (Å²) in [6, 6.07) is 21.3. The molecule has 3 aromatic rings. The van der Waals surface area contributed by atoms with Crippen LogP contribution in [0.4, 0.5) is 0 Å². The molecule has 2 aliphatic heterocycles. The summed E-state index contributed by atoms with van der Waals surface area (Å²) in [7, 11) is 3.31. The van der Waals surface area contributed by atoms with Gasteiger partial charge in [0.25, 0.3) is 0 Å². The fraction of sp³-hybridized carbons (Fsp3) is 0.406. The van der Waals surface area contributed by atoms with Crippen LogP contribution in [0.15, 0.2) is 60.7 Å². The largest absolute Gasteiger partial charge is 0.493 e. The second-order valence-electron chi connectivity index (χ2n) is 11.0. The smallest absolute Gasteiger partial charge is 0.240 e. The van der Waals surface area contributed by atoms with Gasteiger partial charge in [0.1, 0.15) is 0 Å². The number of methoxy groups -OCH3 is 2. The van der Waals surface area contributed by atoms with E-state index < -0.39 is 0 Å². The Hall–Kier alpha value is -3.06. The first kappa shape index (κ1) is 26.2. The van der Waals surface area contributed by atoms with Gasteiger partial charge in [-0.3, -0.25) is 9.69 Å². The Morgan fingerprint density at radius 2 is 1.64 bits per heavy atom. The summed E-state index contributed by atoms with van der Waals surface area (Å²) < 4.78 is 11.0. The molecule has 1 amide bonds. The Kier molecular flexibility index (Phi) is 7.52. The molecule has 2 heterocycles. The minimum Gasteiger partial charge on any atom is -0.493 e. The van der Waals surface area contributed by atoms with Crippen LogP contribution in [0.3, 0.4) is 0 Å². The third-order valence-corrected chi connectivity index (χ3v) is 8.75. The summed E-state index contributed by atoms with van der Waals surface area (Å²) in [5, 5.41) is 4.64. The van der Waals surface area contributed by atoms with Crippen molar-refractivity contribution in [2.75, 3.05) is 27.3 Å². The number of nitrogens with one attached hydrogen (secondary N) is 1. The number of fused-ring (bicyclic) bond motifs is 2. The highest BCUT2D eigenvalue weighted by Gasteiger charge is 2.40. The van der Waals surface area contributed by atoms with E-state index in [1.165, 1.54) is 16.7 Å². The van der Waals surface area contributed by atoms with Crippen LogP contribution < -0.4 is 14.8 Å². The maximum absolute atomic E-state index is 14.1. The molecule has 2 atom stereocenters. The number of ether oxygens (including phenoxy) is 2. The van der Waals surface area contributed by atoms with Gasteiger partial charge in [0.15, 0.2) is 11.5 Å². The molecule has 0 unspecified atom stereocenters. The first-order valence-corrected chi connectivity index (χ1v) is 14.2. The van der Waals surface area contributed by atoms with Crippen molar-refractivity contribution < 1.29 is 14.3 Å². The molecule has 1 fully saturated rings. The number of carbonyl (C=O) groups excluding carboxylic acids is 1. The van der Waals surface area contributed by atoms with E-state index in [0.717, 1.165) is 54.1 Å². The average Bonchev–Trinajstić information content (AvgIpc) is 3.54. The third kappa shape index (κ3) is 5.51. The molecule has 0 aromatic heterocycles. The lowest BCUT2D eigenvalue weighted by Crippen LogP contribution is -2.47. The van der Waals surface area contributed by atoms with Crippen LogP contribution in [0, 0.1) is 0 Å². The molecule has 1 saturated heterocycles. The molecule has 0 radical (unpaired) electrons. The Balaban J connectivity index is 1.19. The molecular formula is C32H36ClN3O3. The van der Waals surface area contributed by atoms with Gasteiger partial charge in [-0.25, -0.2) is 0 Å². The van der Waals surface area contributed by atoms with Gasteiger partial charge in [-0.2, -0.15) is 0 Å². The van der Waals surface area contributed by atoms with Crippen LogP contribution in [0.5, 0.6) is 11.5 Å². The predicted molar refractivity (Wildman–Crippen MR) is 153 cm³/mol. The third-order valence-electron chi connectivity index (χ3n) is 8.52. The van der Waals surface area contributed by atoms with Crippen LogP contribution in [-0.2, 0) is 37.1 Å². The molecule has 3 aliphatic rings. The lowest BCUT2D eigenvalue weighted by molar-refractivity contribution is -0.137. The van der Waals surface area contributed by atoms with Gasteiger partial charge in [-0.15, -0.1) is 0 Å². The quantitative estimate of drug-likeness (QED) is 0.469. The van der Waals surface area contributed by atoms with Crippen molar-refractivity contribution in [3.05, 3.63) is 93.5 Å². The second-order valence-corrected chi connectivity index (χ2v) is 11.5. The fourth-order valence-corrected chi connectivity index (χ4v) is 6.83. The molecule has 39 heavy (non-hydrogen) atoms. The number of benzene rings is 3. The highest BCUT2D eigenvalue weighted by molar-refractivity contribution is 6.30. The summed E-state index contributed by atoms with van der Waals surface area (Å²) in [5.74, 6) is 1.65. The zero-order valence-electron chi connectivity index (χ0n) is 22.7. The van der Waals surface area contributed by atoms with Crippen LogP contribution in [0.1, 0.15) is 34.2 Å². The maximum Gasteiger partial charge on any atom is 0.240 e. The number of carbonyl (C=O) groups is 1. The summed E-state index contributed by atoms with van der Waals surface area (Å²) in [6.45, 7) is 2.84. The van der Waals surface area contributed by atoms with Gasteiger partial charge in [0.2, 0.25) is 5.91 Å². The summed E-state index contributed by atoms with van der Waals surface area (Å²) in [6.07, 6.45) is 3.72. The highest BCUT2D eigenvalue weighted by Crippen LogP contribution is 2.34. The van der Waals surface area contributed by atoms with E-state index in [2.05, 4.69) is 46.6 Å². The van der Waals surface area contributed by atoms with Crippen molar-refractivity contribution in [2.45, 2.75) is 56.9 Å². The summed E-state index contributed by atoms with van der Waals surface area (Å²) >= 11 is 6.31. The molecule has 3 aromatic carbocycles. The molecule has 0 spiro atoms. The van der Waals surface area contributed by atoms with Crippen LogP contribution in [0.25, 0.3) is 0 Å². The Labute approximate surface area is 235 Å². The van der Waals surface area contributed by atoms with Crippen molar-refractivity contribution in [2.24, 2.45) is 0 Å². The zero-order chi connectivity index (χ0) is 26.9. The normalized spacial score (nSPS) is 21.1. The lowest BCUT2D eigenvalue weighted by atomic mass is 9.97. The second kappa shape index (κ2) is 11.2. The molecule has 0 saturated carbocycles. The Morgan fingerprint density at radius 1 is 0.923 bits per heavy atom. The number of hydrogen-bond acceptors (Lipinski definition) is 5. The number of nitrogens with zero attached hydrogens (tertiary/aromatic N) is 2. The first-order valence-electron chi connectivity index (χ1n) is 13.8. The maximum atomic E-state index is 14.1. The summed E-state index contributed by atoms with van der Waals surface area (Å²) in [5.41, 5.74) is 6.37. The molecular weight excluding hydrogens is 510 g/mol. The molecule has 1 aliphatic carbocycles. The van der Waals surface area contributed by atoms with Crippen LogP contribution in [0.2, 0.25) is 5.02 Å². The Morgan fingerprint density at radius 3 is 2.33 bits per heavy atom. The van der Waals surface area contributed by atoms with Gasteiger partial charge < -0.3 is 19.7 Å². The van der Waals surface area contributed by atoms with Gasteiger partial charge in [0, 0.05) is 43.3 Å². The number of likely N-dealkylation sites (tertiary alicyclic amines) is 1. The molecule has 6 nitrogen and oxygen atoms in total. The van der Waals surface area contributed by atoms with Crippen molar-refractivity contribution in [3.8, 4) is 11.5 Å². The van der Waals surface area contributed by atoms with E-state index in [1.54, 1.807) is 14.2 Å². The minimum atomic E-state index is -0.174. The zero-order valence-corrected chi connectivity index (χ0v) is 23.4. The standard InChI is InChI=1S/C32H36ClN3O3/c1-38-30-15-24-10-11-35(19-25(24)16-31(30)39-2)32(37)29-17-28(20-36(29)18-21-6-5-9-26(33)12-21)34-27-13-22-7-3-4-8-23(22)14-27/h3-9,12,15-16,27-29,34H,10-11,13-14,17-20H2,1-2H3/t28-,29-/m0/s1. The average molecular weight is 546 g/mol. The molecule has 204 valence electrons. The first-order chi connectivity index (χ1) is 19.0. The number of amides is 1. The molecule has 0 bridgehead atoms. The van der Waals surface area contributed by atoms with Crippen molar-refractivity contribution in [1.29, 1.82) is 0 Å². The molecule has 6 rings (SSSR count). The minimum absolute atomic E-state index is 0.174. The van der Waals surface area contributed by atoms with E-state index >= 15 is 0 Å². The van der Waals surface area contributed by atoms with E-state index in [4.69, 9.17) is 21.1 Å². The van der Waals surface area contributed by atoms with Crippen LogP contribution in [-0.4, -0.2) is 61.1 Å². The van der Waals surface area contributed by atoms with Crippen LogP contribution >= 0.6 is 11.6 Å². The monoisotopic (exact) mass is 545 g/mol. The molecule has 7 heteroatoms. The fourth-order valence-electron chi connectivity index (χ4n) is 6.62. The number of rotatable bonds is 7. The molecule has 1 N–H and O–H groups in total. The van der Waals surface area contributed by atoms with Crippen molar-refractivity contribution in [3.63, 3.8) is 0 Å².